The molecule has 28 heavy (non-hydrogen) atoms. The predicted octanol–water partition coefficient (Wildman–Crippen LogP) is 3.85. The van der Waals surface area contributed by atoms with E-state index in [1.807, 2.05) is 0 Å². The van der Waals surface area contributed by atoms with Crippen molar-refractivity contribution in [1.29, 1.82) is 0 Å². The first-order chi connectivity index (χ1) is 13.1. The summed E-state index contributed by atoms with van der Waals surface area (Å²) in [6.45, 7) is 10.2. The van der Waals surface area contributed by atoms with Crippen LogP contribution >= 0.6 is 11.9 Å². The van der Waals surface area contributed by atoms with Crippen LogP contribution in [0.4, 0.5) is 13.2 Å². The summed E-state index contributed by atoms with van der Waals surface area (Å²) in [6, 6.07) is 2.65. The van der Waals surface area contributed by atoms with E-state index in [1.54, 1.807) is 24.9 Å². The number of halogens is 3. The van der Waals surface area contributed by atoms with Crippen molar-refractivity contribution < 1.29 is 17.9 Å². The summed E-state index contributed by atoms with van der Waals surface area (Å²) in [5.74, 6) is 1.31. The number of alkyl halides is 3. The summed E-state index contributed by atoms with van der Waals surface area (Å²) in [7, 11) is 0. The van der Waals surface area contributed by atoms with Gasteiger partial charge in [-0.05, 0) is 62.6 Å². The summed E-state index contributed by atoms with van der Waals surface area (Å²) in [6.07, 6.45) is -1.98. The fourth-order valence-electron chi connectivity index (χ4n) is 5.89. The van der Waals surface area contributed by atoms with Gasteiger partial charge in [-0.1, -0.05) is 0 Å². The van der Waals surface area contributed by atoms with Crippen LogP contribution < -0.4 is 0 Å². The molecule has 1 saturated carbocycles. The van der Waals surface area contributed by atoms with E-state index >= 15 is 0 Å². The highest BCUT2D eigenvalue weighted by atomic mass is 32.2. The quantitative estimate of drug-likeness (QED) is 0.700. The molecule has 0 N–H and O–H groups in total. The van der Waals surface area contributed by atoms with Crippen molar-refractivity contribution in [3.8, 4) is 0 Å². The lowest BCUT2D eigenvalue weighted by Crippen LogP contribution is -2.48. The molecule has 1 aromatic heterocycles. The molecule has 154 valence electrons. The first-order valence-electron chi connectivity index (χ1n) is 9.97. The van der Waals surface area contributed by atoms with Gasteiger partial charge in [0, 0.05) is 43.0 Å². The zero-order valence-corrected chi connectivity index (χ0v) is 17.1. The second-order valence-corrected chi connectivity index (χ2v) is 10.7. The van der Waals surface area contributed by atoms with Crippen LogP contribution in [0.25, 0.3) is 0 Å². The summed E-state index contributed by atoms with van der Waals surface area (Å²) in [5.41, 5.74) is 0.180. The summed E-state index contributed by atoms with van der Waals surface area (Å²) >= 11 is 1.56. The Hall–Kier alpha value is -0.830. The molecule has 4 saturated heterocycles. The molecule has 2 bridgehead atoms. The topological polar surface area (TPSA) is 28.6 Å². The Labute approximate surface area is 167 Å². The van der Waals surface area contributed by atoms with Gasteiger partial charge in [0.15, 0.2) is 0 Å². The molecule has 0 amide bonds. The third-order valence-electron chi connectivity index (χ3n) is 6.87. The number of ether oxygens (including phenoxy) is 1. The highest BCUT2D eigenvalue weighted by Gasteiger charge is 2.60. The number of pyridine rings is 1. The molecule has 5 fully saturated rings. The largest absolute Gasteiger partial charge is 0.433 e. The first-order valence-corrected chi connectivity index (χ1v) is 10.7. The van der Waals surface area contributed by atoms with Gasteiger partial charge < -0.3 is 9.64 Å². The van der Waals surface area contributed by atoms with Gasteiger partial charge in [-0.2, -0.15) is 13.2 Å². The Kier molecular flexibility index (Phi) is 4.33. The second kappa shape index (κ2) is 6.33. The third-order valence-corrected chi connectivity index (χ3v) is 8.05. The fourth-order valence-corrected chi connectivity index (χ4v) is 7.01. The molecule has 4 aliphatic heterocycles. The predicted molar refractivity (Wildman–Crippen MR) is 101 cm³/mol. The molecule has 1 aliphatic carbocycles. The minimum Gasteiger partial charge on any atom is -0.375 e. The standard InChI is InChI=1S/C20H26F3N3OS/c1-13-16(3-4-17(24-13)20(21,22)23)28-26-7-14-5-25(6-15(14)8-26)11-19-9-18(2,10-19)27-12-19/h3-4,14-15H,5-12H2,1-2H3. The average molecular weight is 414 g/mol. The van der Waals surface area contributed by atoms with Crippen LogP contribution in [0, 0.1) is 24.2 Å². The molecule has 2 unspecified atom stereocenters. The SMILES string of the molecule is Cc1nc(C(F)(F)F)ccc1SN1CC2CN(CC34COC(C)(C3)C4)CC2C1. The van der Waals surface area contributed by atoms with Gasteiger partial charge in [0.2, 0.25) is 0 Å². The van der Waals surface area contributed by atoms with Crippen LogP contribution in [0.1, 0.15) is 31.2 Å². The van der Waals surface area contributed by atoms with E-state index < -0.39 is 11.9 Å². The minimum atomic E-state index is -4.39. The molecule has 8 heteroatoms. The van der Waals surface area contributed by atoms with Crippen LogP contribution in [0.3, 0.4) is 0 Å². The number of likely N-dealkylation sites (tertiary alicyclic amines) is 1. The summed E-state index contributed by atoms with van der Waals surface area (Å²) in [4.78, 5) is 7.19. The Morgan fingerprint density at radius 2 is 1.86 bits per heavy atom. The second-order valence-electron chi connectivity index (χ2n) is 9.52. The highest BCUT2D eigenvalue weighted by Crippen LogP contribution is 2.58. The Morgan fingerprint density at radius 1 is 1.18 bits per heavy atom. The number of rotatable bonds is 4. The fraction of sp³-hybridized carbons (Fsp3) is 0.750. The number of hydrogen-bond donors (Lipinski definition) is 0. The van der Waals surface area contributed by atoms with Crippen molar-refractivity contribution in [2.24, 2.45) is 17.3 Å². The molecule has 0 spiro atoms. The average Bonchev–Trinajstić information content (AvgIpc) is 3.26. The van der Waals surface area contributed by atoms with Crippen LogP contribution in [0.15, 0.2) is 17.0 Å². The number of aryl methyl sites for hydroxylation is 1. The summed E-state index contributed by atoms with van der Waals surface area (Å²) in [5, 5.41) is 0. The maximum absolute atomic E-state index is 12.8. The maximum atomic E-state index is 12.8. The highest BCUT2D eigenvalue weighted by molar-refractivity contribution is 7.97. The smallest absolute Gasteiger partial charge is 0.375 e. The van der Waals surface area contributed by atoms with Crippen LogP contribution in [-0.4, -0.2) is 59.1 Å². The van der Waals surface area contributed by atoms with E-state index in [-0.39, 0.29) is 5.60 Å². The molecular formula is C20H26F3N3OS. The van der Waals surface area contributed by atoms with Crippen molar-refractivity contribution >= 4 is 11.9 Å². The van der Waals surface area contributed by atoms with E-state index in [2.05, 4.69) is 21.1 Å². The zero-order chi connectivity index (χ0) is 19.7. The van der Waals surface area contributed by atoms with Crippen molar-refractivity contribution in [3.05, 3.63) is 23.5 Å². The molecule has 5 heterocycles. The van der Waals surface area contributed by atoms with Gasteiger partial charge in [-0.15, -0.1) is 0 Å². The lowest BCUT2D eigenvalue weighted by molar-refractivity contribution is -0.141. The molecule has 0 aromatic carbocycles. The van der Waals surface area contributed by atoms with Gasteiger partial charge in [0.05, 0.1) is 17.9 Å². The van der Waals surface area contributed by atoms with Gasteiger partial charge in [0.1, 0.15) is 5.69 Å². The van der Waals surface area contributed by atoms with Gasteiger partial charge in [-0.3, -0.25) is 0 Å². The minimum absolute atomic E-state index is 0.149. The Bertz CT molecular complexity index is 766. The molecular weight excluding hydrogens is 387 g/mol. The molecule has 1 aromatic rings. The first kappa shape index (κ1) is 19.2. The van der Waals surface area contributed by atoms with Crippen molar-refractivity contribution in [2.75, 3.05) is 39.3 Å². The van der Waals surface area contributed by atoms with Gasteiger partial charge in [-0.25, -0.2) is 9.29 Å². The van der Waals surface area contributed by atoms with Gasteiger partial charge in [0.25, 0.3) is 0 Å². The van der Waals surface area contributed by atoms with E-state index in [4.69, 9.17) is 4.74 Å². The number of fused-ring (bicyclic) bond motifs is 2. The van der Waals surface area contributed by atoms with E-state index in [9.17, 15) is 13.2 Å². The van der Waals surface area contributed by atoms with E-state index in [0.717, 1.165) is 50.3 Å². The van der Waals surface area contributed by atoms with Crippen LogP contribution in [0.5, 0.6) is 0 Å². The monoisotopic (exact) mass is 413 g/mol. The molecule has 6 rings (SSSR count). The summed E-state index contributed by atoms with van der Waals surface area (Å²) < 4.78 is 46.6. The number of aromatic nitrogens is 1. The van der Waals surface area contributed by atoms with Crippen molar-refractivity contribution in [3.63, 3.8) is 0 Å². The normalized spacial score (nSPS) is 38.0. The molecule has 0 radical (unpaired) electrons. The maximum Gasteiger partial charge on any atom is 0.433 e. The molecule has 4 nitrogen and oxygen atoms in total. The zero-order valence-electron chi connectivity index (χ0n) is 16.3. The van der Waals surface area contributed by atoms with Crippen molar-refractivity contribution in [1.82, 2.24) is 14.2 Å². The molecule has 2 atom stereocenters. The van der Waals surface area contributed by atoms with Crippen molar-refractivity contribution in [2.45, 2.75) is 43.4 Å². The van der Waals surface area contributed by atoms with Crippen LogP contribution in [-0.2, 0) is 10.9 Å². The lowest BCUT2D eigenvalue weighted by atomic mass is 9.63. The van der Waals surface area contributed by atoms with Crippen LogP contribution in [0.2, 0.25) is 0 Å². The Morgan fingerprint density at radius 3 is 2.39 bits per heavy atom. The van der Waals surface area contributed by atoms with Gasteiger partial charge >= 0.3 is 6.18 Å². The van der Waals surface area contributed by atoms with E-state index in [0.29, 0.717) is 22.9 Å². The number of nitrogens with zero attached hydrogens (tertiary/aromatic N) is 3. The number of hydrogen-bond acceptors (Lipinski definition) is 5. The lowest BCUT2D eigenvalue weighted by Gasteiger charge is -2.44. The third kappa shape index (κ3) is 3.36. The van der Waals surface area contributed by atoms with E-state index in [1.165, 1.54) is 12.8 Å². The molecule has 5 aliphatic rings. The Balaban J connectivity index is 1.15.